The molecule has 0 aromatic heterocycles. The normalized spacial score (nSPS) is 11.2. The number of hydrogen-bond acceptors (Lipinski definition) is 3. The van der Waals surface area contributed by atoms with Crippen molar-refractivity contribution in [1.29, 1.82) is 0 Å². The molecule has 0 fully saturated rings. The predicted octanol–water partition coefficient (Wildman–Crippen LogP) is -0.0282. The van der Waals surface area contributed by atoms with Gasteiger partial charge in [-0.2, -0.15) is 0 Å². The van der Waals surface area contributed by atoms with E-state index in [2.05, 4.69) is 5.14 Å². The van der Waals surface area contributed by atoms with Gasteiger partial charge in [-0.15, -0.1) is 0 Å². The average molecular weight is 250 g/mol. The second-order valence-electron chi connectivity index (χ2n) is 2.89. The Bertz CT molecular complexity index is 542. The van der Waals surface area contributed by atoms with Gasteiger partial charge in [-0.25, -0.2) is 22.3 Å². The van der Waals surface area contributed by atoms with Crippen molar-refractivity contribution in [3.05, 3.63) is 29.3 Å². The summed E-state index contributed by atoms with van der Waals surface area (Å²) >= 11 is 0. The minimum atomic E-state index is -4.42. The summed E-state index contributed by atoms with van der Waals surface area (Å²) in [6, 6.07) is 1.000. The maximum atomic E-state index is 13.5. The highest BCUT2D eigenvalue weighted by atomic mass is 32.2. The summed E-state index contributed by atoms with van der Waals surface area (Å²) in [6.07, 6.45) is 0. The van der Waals surface area contributed by atoms with Gasteiger partial charge in [0.2, 0.25) is 10.0 Å². The number of sulfonamides is 1. The number of primary sulfonamides is 1. The van der Waals surface area contributed by atoms with E-state index in [4.69, 9.17) is 0 Å². The van der Waals surface area contributed by atoms with Crippen molar-refractivity contribution >= 4 is 15.9 Å². The van der Waals surface area contributed by atoms with Crippen LogP contribution in [0.4, 0.5) is 8.78 Å². The Labute approximate surface area is 90.3 Å². The lowest BCUT2D eigenvalue weighted by molar-refractivity contribution is 0.0958. The van der Waals surface area contributed by atoms with E-state index in [9.17, 15) is 22.0 Å². The Balaban J connectivity index is 3.56. The predicted molar refractivity (Wildman–Crippen MR) is 51.1 cm³/mol. The third-order valence-electron chi connectivity index (χ3n) is 1.78. The first-order chi connectivity index (χ1) is 7.27. The summed E-state index contributed by atoms with van der Waals surface area (Å²) in [4.78, 5) is 10.1. The SMILES string of the molecule is CNC(=O)c1cc(F)cc(S(N)(=O)=O)c1F. The van der Waals surface area contributed by atoms with Crippen molar-refractivity contribution in [3.63, 3.8) is 0 Å². The molecule has 0 aliphatic carbocycles. The minimum Gasteiger partial charge on any atom is -0.355 e. The molecule has 88 valence electrons. The molecule has 0 bridgehead atoms. The third kappa shape index (κ3) is 2.34. The molecular weight excluding hydrogens is 242 g/mol. The zero-order chi connectivity index (χ0) is 12.5. The van der Waals surface area contributed by atoms with Crippen molar-refractivity contribution in [3.8, 4) is 0 Å². The van der Waals surface area contributed by atoms with Gasteiger partial charge in [-0.3, -0.25) is 4.79 Å². The Morgan fingerprint density at radius 1 is 1.38 bits per heavy atom. The van der Waals surface area contributed by atoms with E-state index in [-0.39, 0.29) is 0 Å². The molecule has 0 unspecified atom stereocenters. The van der Waals surface area contributed by atoms with Gasteiger partial charge in [0, 0.05) is 7.05 Å². The average Bonchev–Trinajstić information content (AvgIpc) is 2.18. The highest BCUT2D eigenvalue weighted by Crippen LogP contribution is 2.19. The first kappa shape index (κ1) is 12.5. The van der Waals surface area contributed by atoms with E-state index in [1.54, 1.807) is 0 Å². The largest absolute Gasteiger partial charge is 0.355 e. The lowest BCUT2D eigenvalue weighted by atomic mass is 10.2. The lowest BCUT2D eigenvalue weighted by Crippen LogP contribution is -2.22. The second kappa shape index (κ2) is 4.14. The van der Waals surface area contributed by atoms with Crippen molar-refractivity contribution in [1.82, 2.24) is 5.32 Å². The molecule has 0 spiro atoms. The Morgan fingerprint density at radius 3 is 2.38 bits per heavy atom. The van der Waals surface area contributed by atoms with Crippen LogP contribution in [0.1, 0.15) is 10.4 Å². The van der Waals surface area contributed by atoms with E-state index >= 15 is 0 Å². The number of benzene rings is 1. The molecule has 0 aliphatic heterocycles. The number of rotatable bonds is 2. The molecule has 1 aromatic carbocycles. The van der Waals surface area contributed by atoms with Crippen LogP contribution in [0.25, 0.3) is 0 Å². The third-order valence-corrected chi connectivity index (χ3v) is 2.69. The quantitative estimate of drug-likeness (QED) is 0.772. The Kier molecular flexibility index (Phi) is 3.24. The molecule has 1 rings (SSSR count). The summed E-state index contributed by atoms with van der Waals surface area (Å²) < 4.78 is 48.3. The summed E-state index contributed by atoms with van der Waals surface area (Å²) in [7, 11) is -3.22. The van der Waals surface area contributed by atoms with Gasteiger partial charge in [0.25, 0.3) is 5.91 Å². The van der Waals surface area contributed by atoms with E-state index < -0.39 is 38.0 Å². The first-order valence-electron chi connectivity index (χ1n) is 4.01. The molecule has 0 saturated heterocycles. The van der Waals surface area contributed by atoms with Crippen LogP contribution < -0.4 is 10.5 Å². The molecule has 1 aromatic rings. The Morgan fingerprint density at radius 2 is 1.94 bits per heavy atom. The van der Waals surface area contributed by atoms with Crippen LogP contribution in [-0.4, -0.2) is 21.4 Å². The summed E-state index contributed by atoms with van der Waals surface area (Å²) in [5.74, 6) is -3.38. The molecule has 8 heteroatoms. The van der Waals surface area contributed by atoms with Crippen LogP contribution >= 0.6 is 0 Å². The van der Waals surface area contributed by atoms with Gasteiger partial charge >= 0.3 is 0 Å². The highest BCUT2D eigenvalue weighted by molar-refractivity contribution is 7.89. The fourth-order valence-corrected chi connectivity index (χ4v) is 1.71. The zero-order valence-corrected chi connectivity index (χ0v) is 8.94. The number of halogens is 2. The van der Waals surface area contributed by atoms with Gasteiger partial charge in [0.1, 0.15) is 10.7 Å². The molecular formula is C8H8F2N2O3S. The molecule has 5 nitrogen and oxygen atoms in total. The van der Waals surface area contributed by atoms with E-state index in [0.717, 1.165) is 0 Å². The van der Waals surface area contributed by atoms with Gasteiger partial charge in [-0.1, -0.05) is 0 Å². The maximum Gasteiger partial charge on any atom is 0.254 e. The molecule has 16 heavy (non-hydrogen) atoms. The monoisotopic (exact) mass is 250 g/mol. The molecule has 0 radical (unpaired) electrons. The molecule has 0 atom stereocenters. The van der Waals surface area contributed by atoms with Crippen LogP contribution in [0.3, 0.4) is 0 Å². The number of carbonyl (C=O) groups excluding carboxylic acids is 1. The van der Waals surface area contributed by atoms with Gasteiger partial charge < -0.3 is 5.32 Å². The number of hydrogen-bond donors (Lipinski definition) is 2. The molecule has 0 saturated carbocycles. The minimum absolute atomic E-state index is 0.414. The molecule has 0 aliphatic rings. The van der Waals surface area contributed by atoms with Crippen LogP contribution in [-0.2, 0) is 10.0 Å². The molecule has 0 heterocycles. The van der Waals surface area contributed by atoms with Crippen molar-refractivity contribution in [2.45, 2.75) is 4.90 Å². The maximum absolute atomic E-state index is 13.5. The fraction of sp³-hybridized carbons (Fsp3) is 0.125. The van der Waals surface area contributed by atoms with Crippen molar-refractivity contribution < 1.29 is 22.0 Å². The van der Waals surface area contributed by atoms with E-state index in [1.165, 1.54) is 7.05 Å². The number of carbonyl (C=O) groups is 1. The van der Waals surface area contributed by atoms with Crippen molar-refractivity contribution in [2.24, 2.45) is 5.14 Å². The first-order valence-corrected chi connectivity index (χ1v) is 5.56. The summed E-state index contributed by atoms with van der Waals surface area (Å²) in [5, 5.41) is 6.72. The van der Waals surface area contributed by atoms with Gasteiger partial charge in [0.05, 0.1) is 5.56 Å². The summed E-state index contributed by atoms with van der Waals surface area (Å²) in [6.45, 7) is 0. The standard InChI is InChI=1S/C8H8F2N2O3S/c1-12-8(13)5-2-4(9)3-6(7(5)10)16(11,14)15/h2-3H,1H3,(H,12,13)(H2,11,14,15). The zero-order valence-electron chi connectivity index (χ0n) is 8.12. The summed E-state index contributed by atoms with van der Waals surface area (Å²) in [5.41, 5.74) is -0.716. The Hall–Kier alpha value is -1.54. The highest BCUT2D eigenvalue weighted by Gasteiger charge is 2.22. The van der Waals surface area contributed by atoms with E-state index in [0.29, 0.717) is 12.1 Å². The van der Waals surface area contributed by atoms with Crippen LogP contribution in [0.5, 0.6) is 0 Å². The number of amides is 1. The van der Waals surface area contributed by atoms with Gasteiger partial charge in [-0.05, 0) is 12.1 Å². The van der Waals surface area contributed by atoms with Crippen LogP contribution in [0.2, 0.25) is 0 Å². The molecule has 1 amide bonds. The van der Waals surface area contributed by atoms with Crippen LogP contribution in [0, 0.1) is 11.6 Å². The topological polar surface area (TPSA) is 89.3 Å². The lowest BCUT2D eigenvalue weighted by Gasteiger charge is -2.06. The number of nitrogens with two attached hydrogens (primary N) is 1. The molecule has 3 N–H and O–H groups in total. The van der Waals surface area contributed by atoms with Gasteiger partial charge in [0.15, 0.2) is 5.82 Å². The second-order valence-corrected chi connectivity index (χ2v) is 4.42. The number of nitrogens with one attached hydrogen (secondary N) is 1. The van der Waals surface area contributed by atoms with Crippen LogP contribution in [0.15, 0.2) is 17.0 Å². The van der Waals surface area contributed by atoms with E-state index in [1.807, 2.05) is 5.32 Å². The van der Waals surface area contributed by atoms with Crippen molar-refractivity contribution in [2.75, 3.05) is 7.05 Å². The smallest absolute Gasteiger partial charge is 0.254 e. The fourth-order valence-electron chi connectivity index (χ4n) is 1.07.